The molecule has 0 atom stereocenters. The van der Waals surface area contributed by atoms with Crippen LogP contribution in [0.1, 0.15) is 0 Å². The molecule has 0 unspecified atom stereocenters. The van der Waals surface area contributed by atoms with Gasteiger partial charge in [-0.05, 0) is 92.0 Å². The minimum Gasteiger partial charge on any atom is -0.456 e. The molecule has 4 heteroatoms. The predicted octanol–water partition coefficient (Wildman–Crippen LogP) is 13.9. The molecule has 0 radical (unpaired) electrons. The lowest BCUT2D eigenvalue weighted by atomic mass is 9.96. The summed E-state index contributed by atoms with van der Waals surface area (Å²) in [6.07, 6.45) is 0. The Morgan fingerprint density at radius 1 is 0.375 bits per heavy atom. The van der Waals surface area contributed by atoms with E-state index >= 15 is 0 Å². The molecule has 3 aromatic heterocycles. The van der Waals surface area contributed by atoms with Crippen LogP contribution >= 0.6 is 0 Å². The molecule has 56 heavy (non-hydrogen) atoms. The topological polar surface area (TPSA) is 43.9 Å². The molecule has 4 nitrogen and oxygen atoms in total. The molecule has 0 spiro atoms. The molecular formula is C52H29N3O. The van der Waals surface area contributed by atoms with Gasteiger partial charge >= 0.3 is 0 Å². The molecule has 1 aliphatic carbocycles. The van der Waals surface area contributed by atoms with E-state index in [2.05, 4.69) is 174 Å². The number of para-hydroxylation sites is 1. The molecule has 0 N–H and O–H groups in total. The third-order valence-electron chi connectivity index (χ3n) is 11.9. The van der Waals surface area contributed by atoms with E-state index in [1.54, 1.807) is 0 Å². The second kappa shape index (κ2) is 11.0. The van der Waals surface area contributed by atoms with Gasteiger partial charge in [-0.15, -0.1) is 0 Å². The summed E-state index contributed by atoms with van der Waals surface area (Å²) in [4.78, 5) is 10.7. The minimum absolute atomic E-state index is 0.656. The number of nitrogens with zero attached hydrogens (tertiary/aromatic N) is 3. The Hall–Kier alpha value is -7.56. The van der Waals surface area contributed by atoms with Gasteiger partial charge in [0.1, 0.15) is 11.2 Å². The summed E-state index contributed by atoms with van der Waals surface area (Å²) >= 11 is 0. The van der Waals surface area contributed by atoms with Crippen molar-refractivity contribution in [2.45, 2.75) is 0 Å². The largest absolute Gasteiger partial charge is 0.456 e. The SMILES string of the molecule is c1ccc(-c2nc(-n3c4ccccc4c4cc(-c5ccc6oc7cc8c9c(cccc9c7c6c5)-c5ccccc5-8)ccc43)nc3c2ccc2ccccc23)cc1. The average Bonchev–Trinajstić information content (AvgIpc) is 3.91. The first-order chi connectivity index (χ1) is 27.8. The molecule has 0 fully saturated rings. The number of fused-ring (bicyclic) bond motifs is 13. The van der Waals surface area contributed by atoms with E-state index < -0.39 is 0 Å². The van der Waals surface area contributed by atoms with Gasteiger partial charge in [0.05, 0.1) is 22.2 Å². The average molecular weight is 712 g/mol. The molecule has 258 valence electrons. The van der Waals surface area contributed by atoms with Crippen LogP contribution in [0.15, 0.2) is 180 Å². The zero-order valence-electron chi connectivity index (χ0n) is 30.0. The van der Waals surface area contributed by atoms with Crippen molar-refractivity contribution in [3.63, 3.8) is 0 Å². The van der Waals surface area contributed by atoms with Crippen molar-refractivity contribution in [2.24, 2.45) is 0 Å². The van der Waals surface area contributed by atoms with Crippen LogP contribution in [0.3, 0.4) is 0 Å². The molecule has 0 amide bonds. The van der Waals surface area contributed by atoms with Gasteiger partial charge in [0, 0.05) is 37.9 Å². The first kappa shape index (κ1) is 29.8. The van der Waals surface area contributed by atoms with Gasteiger partial charge in [0.15, 0.2) is 0 Å². The summed E-state index contributed by atoms with van der Waals surface area (Å²) in [7, 11) is 0. The Morgan fingerprint density at radius 2 is 1.07 bits per heavy atom. The lowest BCUT2D eigenvalue weighted by Crippen LogP contribution is -2.03. The summed E-state index contributed by atoms with van der Waals surface area (Å²) in [5.74, 6) is 0.656. The molecule has 0 aliphatic heterocycles. The smallest absolute Gasteiger partial charge is 0.235 e. The van der Waals surface area contributed by atoms with Crippen molar-refractivity contribution >= 4 is 76.2 Å². The standard InChI is InChI=1S/C52H29N3O/c1-2-12-31(13-3-1)50-40-24-21-30-11-4-5-14-34(30)51(40)54-52(53-50)55-44-20-9-8-17-37(44)41-27-32(22-25-45(41)55)33-23-26-46-43(28-33)49-39-19-10-18-38-35-15-6-7-16-36(35)42(48(38)39)29-47(49)56-46/h1-29H. The maximum Gasteiger partial charge on any atom is 0.235 e. The van der Waals surface area contributed by atoms with Crippen molar-refractivity contribution in [2.75, 3.05) is 0 Å². The van der Waals surface area contributed by atoms with Gasteiger partial charge in [-0.3, -0.25) is 4.57 Å². The second-order valence-electron chi connectivity index (χ2n) is 14.9. The molecule has 13 rings (SSSR count). The van der Waals surface area contributed by atoms with Crippen molar-refractivity contribution < 1.29 is 4.42 Å². The van der Waals surface area contributed by atoms with Crippen LogP contribution in [0, 0.1) is 0 Å². The fourth-order valence-corrected chi connectivity index (χ4v) is 9.46. The van der Waals surface area contributed by atoms with Crippen LogP contribution in [0.25, 0.3) is 127 Å². The van der Waals surface area contributed by atoms with Gasteiger partial charge in [0.25, 0.3) is 0 Å². The van der Waals surface area contributed by atoms with Crippen LogP contribution in [0.5, 0.6) is 0 Å². The number of aromatic nitrogens is 3. The van der Waals surface area contributed by atoms with Gasteiger partial charge in [-0.25, -0.2) is 9.97 Å². The van der Waals surface area contributed by atoms with Gasteiger partial charge in [-0.1, -0.05) is 133 Å². The van der Waals surface area contributed by atoms with Crippen LogP contribution in [0.4, 0.5) is 0 Å². The van der Waals surface area contributed by atoms with Gasteiger partial charge < -0.3 is 4.42 Å². The van der Waals surface area contributed by atoms with E-state index in [9.17, 15) is 0 Å². The zero-order chi connectivity index (χ0) is 36.5. The first-order valence-electron chi connectivity index (χ1n) is 19.1. The number of benzene rings is 9. The Labute approximate surface area is 320 Å². The van der Waals surface area contributed by atoms with E-state index in [4.69, 9.17) is 14.4 Å². The van der Waals surface area contributed by atoms with E-state index in [0.717, 1.165) is 82.4 Å². The first-order valence-corrected chi connectivity index (χ1v) is 19.1. The molecule has 12 aromatic rings. The fraction of sp³-hybridized carbons (Fsp3) is 0. The zero-order valence-corrected chi connectivity index (χ0v) is 30.0. The Bertz CT molecular complexity index is 3650. The summed E-state index contributed by atoms with van der Waals surface area (Å²) in [6.45, 7) is 0. The number of hydrogen-bond donors (Lipinski definition) is 0. The number of hydrogen-bond acceptors (Lipinski definition) is 3. The quantitative estimate of drug-likeness (QED) is 0.171. The Balaban J connectivity index is 1.03. The van der Waals surface area contributed by atoms with Gasteiger partial charge in [0.2, 0.25) is 5.95 Å². The molecule has 9 aromatic carbocycles. The van der Waals surface area contributed by atoms with Crippen LogP contribution < -0.4 is 0 Å². The van der Waals surface area contributed by atoms with E-state index in [1.165, 1.54) is 38.4 Å². The van der Waals surface area contributed by atoms with Crippen LogP contribution in [0.2, 0.25) is 0 Å². The molecule has 0 saturated carbocycles. The van der Waals surface area contributed by atoms with E-state index in [0.29, 0.717) is 5.95 Å². The fourth-order valence-electron chi connectivity index (χ4n) is 9.46. The van der Waals surface area contributed by atoms with Crippen molar-refractivity contribution in [1.29, 1.82) is 0 Å². The van der Waals surface area contributed by atoms with Gasteiger partial charge in [-0.2, -0.15) is 0 Å². The van der Waals surface area contributed by atoms with Crippen LogP contribution in [-0.4, -0.2) is 14.5 Å². The summed E-state index contributed by atoms with van der Waals surface area (Å²) in [5.41, 5.74) is 14.3. The molecule has 0 bridgehead atoms. The summed E-state index contributed by atoms with van der Waals surface area (Å²) in [6, 6.07) is 62.9. The highest BCUT2D eigenvalue weighted by molar-refractivity contribution is 6.28. The van der Waals surface area contributed by atoms with E-state index in [-0.39, 0.29) is 0 Å². The van der Waals surface area contributed by atoms with Crippen LogP contribution in [-0.2, 0) is 0 Å². The van der Waals surface area contributed by atoms with Crippen molar-refractivity contribution in [3.05, 3.63) is 176 Å². The molecule has 1 aliphatic rings. The second-order valence-corrected chi connectivity index (χ2v) is 14.9. The lowest BCUT2D eigenvalue weighted by molar-refractivity contribution is 0.669. The number of furan rings is 1. The Kier molecular flexibility index (Phi) is 5.86. The number of rotatable bonds is 3. The Morgan fingerprint density at radius 3 is 1.96 bits per heavy atom. The van der Waals surface area contributed by atoms with Crippen molar-refractivity contribution in [1.82, 2.24) is 14.5 Å². The predicted molar refractivity (Wildman–Crippen MR) is 231 cm³/mol. The van der Waals surface area contributed by atoms with E-state index in [1.807, 2.05) is 6.07 Å². The maximum atomic E-state index is 6.59. The molecular weight excluding hydrogens is 683 g/mol. The summed E-state index contributed by atoms with van der Waals surface area (Å²) in [5, 5.41) is 10.5. The molecule has 0 saturated heterocycles. The third kappa shape index (κ3) is 4.02. The highest BCUT2D eigenvalue weighted by Gasteiger charge is 2.25. The normalized spacial score (nSPS) is 12.3. The highest BCUT2D eigenvalue weighted by Crippen LogP contribution is 2.51. The van der Waals surface area contributed by atoms with Crippen molar-refractivity contribution in [3.8, 4) is 50.6 Å². The monoisotopic (exact) mass is 711 g/mol. The summed E-state index contributed by atoms with van der Waals surface area (Å²) < 4.78 is 8.83. The lowest BCUT2D eigenvalue weighted by Gasteiger charge is -2.13. The molecule has 3 heterocycles. The maximum absolute atomic E-state index is 6.59. The minimum atomic E-state index is 0.656. The third-order valence-corrected chi connectivity index (χ3v) is 11.9. The highest BCUT2D eigenvalue weighted by atomic mass is 16.3.